The number of rotatable bonds is 2. The standard InChI is InChI=1S/C5H7N3OS/c1-2-4(9)7-5-8-6-3-10-5/h3H,2H2,1H3,(H,7,8,9). The summed E-state index contributed by atoms with van der Waals surface area (Å²) in [6.07, 6.45) is 0.472. The number of anilines is 1. The molecule has 0 aliphatic heterocycles. The van der Waals surface area contributed by atoms with Crippen molar-refractivity contribution in [1.29, 1.82) is 0 Å². The van der Waals surface area contributed by atoms with Crippen LogP contribution in [0.15, 0.2) is 5.51 Å². The van der Waals surface area contributed by atoms with Crippen molar-refractivity contribution < 1.29 is 4.79 Å². The molecule has 0 radical (unpaired) electrons. The number of hydrogen-bond donors (Lipinski definition) is 1. The predicted molar refractivity (Wildman–Crippen MR) is 38.8 cm³/mol. The molecule has 0 aliphatic rings. The number of carbonyl (C=O) groups is 1. The minimum absolute atomic E-state index is 0.0308. The van der Waals surface area contributed by atoms with Crippen LogP contribution in [0.5, 0.6) is 0 Å². The van der Waals surface area contributed by atoms with Crippen LogP contribution >= 0.6 is 11.3 Å². The Balaban J connectivity index is 2.48. The van der Waals surface area contributed by atoms with E-state index in [0.717, 1.165) is 0 Å². The van der Waals surface area contributed by atoms with Gasteiger partial charge in [-0.3, -0.25) is 4.79 Å². The molecule has 1 N–H and O–H groups in total. The fourth-order valence-corrected chi connectivity index (χ4v) is 0.896. The van der Waals surface area contributed by atoms with E-state index in [1.54, 1.807) is 12.4 Å². The van der Waals surface area contributed by atoms with Gasteiger partial charge < -0.3 is 5.32 Å². The molecule has 54 valence electrons. The molecule has 0 saturated carbocycles. The van der Waals surface area contributed by atoms with Crippen molar-refractivity contribution in [3.8, 4) is 0 Å². The molecule has 0 atom stereocenters. The molecular formula is C5H7N3OS. The van der Waals surface area contributed by atoms with Gasteiger partial charge in [0, 0.05) is 6.42 Å². The Labute approximate surface area is 62.3 Å². The van der Waals surface area contributed by atoms with Gasteiger partial charge >= 0.3 is 0 Å². The number of carbonyl (C=O) groups excluding carboxylic acids is 1. The van der Waals surface area contributed by atoms with Gasteiger partial charge in [0.15, 0.2) is 0 Å². The third kappa shape index (κ3) is 1.77. The third-order valence-electron chi connectivity index (χ3n) is 0.928. The fourth-order valence-electron chi connectivity index (χ4n) is 0.435. The second-order valence-corrected chi connectivity index (χ2v) is 2.48. The summed E-state index contributed by atoms with van der Waals surface area (Å²) in [6.45, 7) is 1.79. The van der Waals surface area contributed by atoms with E-state index in [1.807, 2.05) is 0 Å². The van der Waals surface area contributed by atoms with Crippen LogP contribution in [-0.2, 0) is 4.79 Å². The van der Waals surface area contributed by atoms with Crippen LogP contribution in [0.2, 0.25) is 0 Å². The van der Waals surface area contributed by atoms with Crippen LogP contribution in [0.1, 0.15) is 13.3 Å². The minimum Gasteiger partial charge on any atom is -0.301 e. The largest absolute Gasteiger partial charge is 0.301 e. The summed E-state index contributed by atoms with van der Waals surface area (Å²) in [5, 5.41) is 10.3. The second-order valence-electron chi connectivity index (χ2n) is 1.65. The van der Waals surface area contributed by atoms with Gasteiger partial charge in [-0.2, -0.15) is 0 Å². The average Bonchev–Trinajstić information content (AvgIpc) is 2.40. The molecule has 0 fully saturated rings. The van der Waals surface area contributed by atoms with E-state index in [2.05, 4.69) is 15.5 Å². The molecule has 4 nitrogen and oxygen atoms in total. The van der Waals surface area contributed by atoms with Crippen LogP contribution in [0.4, 0.5) is 5.13 Å². The van der Waals surface area contributed by atoms with Gasteiger partial charge in [0.1, 0.15) is 5.51 Å². The van der Waals surface area contributed by atoms with Crippen LogP contribution in [0.25, 0.3) is 0 Å². The van der Waals surface area contributed by atoms with Crippen LogP contribution in [-0.4, -0.2) is 16.1 Å². The van der Waals surface area contributed by atoms with Crippen LogP contribution in [0, 0.1) is 0 Å². The molecule has 0 aromatic carbocycles. The molecule has 10 heavy (non-hydrogen) atoms. The first-order chi connectivity index (χ1) is 4.83. The lowest BCUT2D eigenvalue weighted by molar-refractivity contribution is -0.115. The Morgan fingerprint density at radius 2 is 2.70 bits per heavy atom. The maximum Gasteiger partial charge on any atom is 0.225 e. The Bertz CT molecular complexity index is 209. The molecule has 1 aromatic rings. The van der Waals surface area contributed by atoms with Crippen LogP contribution in [0.3, 0.4) is 0 Å². The molecule has 0 spiro atoms. The zero-order valence-electron chi connectivity index (χ0n) is 5.50. The van der Waals surface area contributed by atoms with Crippen molar-refractivity contribution >= 4 is 22.4 Å². The Hall–Kier alpha value is -0.970. The average molecular weight is 157 g/mol. The number of aromatic nitrogens is 2. The first-order valence-electron chi connectivity index (χ1n) is 2.89. The smallest absolute Gasteiger partial charge is 0.225 e. The SMILES string of the molecule is CCC(=O)Nc1nncs1. The van der Waals surface area contributed by atoms with E-state index < -0.39 is 0 Å². The molecule has 0 unspecified atom stereocenters. The lowest BCUT2D eigenvalue weighted by Crippen LogP contribution is -2.08. The summed E-state index contributed by atoms with van der Waals surface area (Å²) in [7, 11) is 0. The number of nitrogens with zero attached hydrogens (tertiary/aromatic N) is 2. The molecule has 0 aliphatic carbocycles. The van der Waals surface area contributed by atoms with Crippen molar-refractivity contribution in [1.82, 2.24) is 10.2 Å². The van der Waals surface area contributed by atoms with Crippen molar-refractivity contribution in [3.63, 3.8) is 0 Å². The highest BCUT2D eigenvalue weighted by Crippen LogP contribution is 2.07. The van der Waals surface area contributed by atoms with Crippen molar-refractivity contribution in [2.75, 3.05) is 5.32 Å². The summed E-state index contributed by atoms with van der Waals surface area (Å²) in [5.74, 6) is -0.0308. The number of amides is 1. The normalized spacial score (nSPS) is 9.30. The van der Waals surface area contributed by atoms with Gasteiger partial charge in [0.2, 0.25) is 11.0 Å². The van der Waals surface area contributed by atoms with Crippen molar-refractivity contribution in [3.05, 3.63) is 5.51 Å². The number of nitrogens with one attached hydrogen (secondary N) is 1. The minimum atomic E-state index is -0.0308. The maximum absolute atomic E-state index is 10.7. The first-order valence-corrected chi connectivity index (χ1v) is 3.77. The molecule has 0 saturated heterocycles. The topological polar surface area (TPSA) is 54.9 Å². The van der Waals surface area contributed by atoms with Gasteiger partial charge in [0.25, 0.3) is 0 Å². The summed E-state index contributed by atoms with van der Waals surface area (Å²) < 4.78 is 0. The zero-order chi connectivity index (χ0) is 7.40. The summed E-state index contributed by atoms with van der Waals surface area (Å²) in [4.78, 5) is 10.7. The monoisotopic (exact) mass is 157 g/mol. The van der Waals surface area contributed by atoms with E-state index in [1.165, 1.54) is 11.3 Å². The molecule has 1 amide bonds. The number of hydrogen-bond acceptors (Lipinski definition) is 4. The van der Waals surface area contributed by atoms with Crippen molar-refractivity contribution in [2.24, 2.45) is 0 Å². The van der Waals surface area contributed by atoms with Gasteiger partial charge in [-0.15, -0.1) is 10.2 Å². The van der Waals surface area contributed by atoms with Gasteiger partial charge in [-0.1, -0.05) is 18.3 Å². The van der Waals surface area contributed by atoms with Crippen LogP contribution < -0.4 is 5.32 Å². The maximum atomic E-state index is 10.7. The molecule has 5 heteroatoms. The van der Waals surface area contributed by atoms with Gasteiger partial charge in [0.05, 0.1) is 0 Å². The Morgan fingerprint density at radius 1 is 1.90 bits per heavy atom. The highest BCUT2D eigenvalue weighted by atomic mass is 32.1. The van der Waals surface area contributed by atoms with E-state index >= 15 is 0 Å². The highest BCUT2D eigenvalue weighted by Gasteiger charge is 1.99. The molecule has 0 bridgehead atoms. The lowest BCUT2D eigenvalue weighted by Gasteiger charge is -1.93. The molecule has 1 aromatic heterocycles. The molecular weight excluding hydrogens is 150 g/mol. The first kappa shape index (κ1) is 7.14. The van der Waals surface area contributed by atoms with Gasteiger partial charge in [-0.25, -0.2) is 0 Å². The van der Waals surface area contributed by atoms with E-state index in [0.29, 0.717) is 11.6 Å². The second kappa shape index (κ2) is 3.26. The quantitative estimate of drug-likeness (QED) is 0.693. The summed E-state index contributed by atoms with van der Waals surface area (Å²) in [6, 6.07) is 0. The zero-order valence-corrected chi connectivity index (χ0v) is 6.31. The Morgan fingerprint density at radius 3 is 3.20 bits per heavy atom. The van der Waals surface area contributed by atoms with Gasteiger partial charge in [-0.05, 0) is 0 Å². The van der Waals surface area contributed by atoms with Crippen molar-refractivity contribution in [2.45, 2.75) is 13.3 Å². The lowest BCUT2D eigenvalue weighted by atomic mass is 10.5. The fraction of sp³-hybridized carbons (Fsp3) is 0.400. The van der Waals surface area contributed by atoms with E-state index in [4.69, 9.17) is 0 Å². The van der Waals surface area contributed by atoms with E-state index in [9.17, 15) is 4.79 Å². The Kier molecular flexibility index (Phi) is 2.33. The molecule has 1 heterocycles. The molecule has 1 rings (SSSR count). The summed E-state index contributed by atoms with van der Waals surface area (Å²) >= 11 is 1.31. The highest BCUT2D eigenvalue weighted by molar-refractivity contribution is 7.13. The third-order valence-corrected chi connectivity index (χ3v) is 1.53. The predicted octanol–water partition coefficient (Wildman–Crippen LogP) is 0.887. The van der Waals surface area contributed by atoms with E-state index in [-0.39, 0.29) is 5.91 Å². The summed E-state index contributed by atoms with van der Waals surface area (Å²) in [5.41, 5.74) is 1.57.